The Balaban J connectivity index is 1.81. The predicted octanol–water partition coefficient (Wildman–Crippen LogP) is 0.807. The molecule has 0 N–H and O–H groups in total. The Labute approximate surface area is 135 Å². The Kier molecular flexibility index (Phi) is 4.67. The molecule has 2 aliphatic rings. The number of aromatic nitrogens is 2. The van der Waals surface area contributed by atoms with Crippen LogP contribution in [-0.2, 0) is 14.8 Å². The summed E-state index contributed by atoms with van der Waals surface area (Å²) in [5.74, 6) is 0.157. The van der Waals surface area contributed by atoms with Crippen LogP contribution in [0.25, 0.3) is 0 Å². The molecule has 1 spiro atoms. The smallest absolute Gasteiger partial charge is 0.213 e. The SMILES string of the molecule is CCS(=O)(=O)N1CCC[C@]2(COCCN(c3nncs3)C2)C1. The van der Waals surface area contributed by atoms with Gasteiger partial charge < -0.3 is 9.64 Å². The number of hydrogen-bond acceptors (Lipinski definition) is 7. The molecule has 2 fully saturated rings. The van der Waals surface area contributed by atoms with Gasteiger partial charge in [-0.3, -0.25) is 0 Å². The minimum atomic E-state index is -3.15. The number of hydrogen-bond donors (Lipinski definition) is 0. The van der Waals surface area contributed by atoms with Crippen LogP contribution in [0, 0.1) is 5.41 Å². The van der Waals surface area contributed by atoms with E-state index in [1.807, 2.05) is 0 Å². The molecule has 2 aliphatic heterocycles. The van der Waals surface area contributed by atoms with E-state index in [0.29, 0.717) is 26.3 Å². The molecular formula is C13H22N4O3S2. The van der Waals surface area contributed by atoms with E-state index >= 15 is 0 Å². The number of sulfonamides is 1. The second-order valence-electron chi connectivity index (χ2n) is 6.03. The van der Waals surface area contributed by atoms with Crippen molar-refractivity contribution in [2.24, 2.45) is 5.41 Å². The van der Waals surface area contributed by atoms with Crippen LogP contribution in [0.1, 0.15) is 19.8 Å². The fraction of sp³-hybridized carbons (Fsp3) is 0.846. The first-order valence-electron chi connectivity index (χ1n) is 7.61. The molecule has 0 radical (unpaired) electrons. The van der Waals surface area contributed by atoms with E-state index in [1.54, 1.807) is 16.7 Å². The molecular weight excluding hydrogens is 324 g/mol. The summed E-state index contributed by atoms with van der Waals surface area (Å²) in [4.78, 5) is 2.19. The number of rotatable bonds is 3. The maximum atomic E-state index is 12.2. The van der Waals surface area contributed by atoms with Crippen LogP contribution in [0.4, 0.5) is 5.13 Å². The van der Waals surface area contributed by atoms with E-state index in [0.717, 1.165) is 31.1 Å². The Morgan fingerprint density at radius 1 is 1.41 bits per heavy atom. The Morgan fingerprint density at radius 2 is 2.27 bits per heavy atom. The van der Waals surface area contributed by atoms with Crippen molar-refractivity contribution in [1.82, 2.24) is 14.5 Å². The first-order valence-corrected chi connectivity index (χ1v) is 10.1. The van der Waals surface area contributed by atoms with Gasteiger partial charge in [-0.2, -0.15) is 0 Å². The molecule has 0 unspecified atom stereocenters. The van der Waals surface area contributed by atoms with E-state index in [9.17, 15) is 8.42 Å². The summed E-state index contributed by atoms with van der Waals surface area (Å²) in [7, 11) is -3.15. The molecule has 9 heteroatoms. The summed E-state index contributed by atoms with van der Waals surface area (Å²) in [6.45, 7) is 5.66. The highest BCUT2D eigenvalue weighted by atomic mass is 32.2. The quantitative estimate of drug-likeness (QED) is 0.806. The number of ether oxygens (including phenoxy) is 1. The number of nitrogens with zero attached hydrogens (tertiary/aromatic N) is 4. The molecule has 1 atom stereocenters. The second kappa shape index (κ2) is 6.38. The molecule has 0 aromatic carbocycles. The van der Waals surface area contributed by atoms with Crippen molar-refractivity contribution in [3.63, 3.8) is 0 Å². The summed E-state index contributed by atoms with van der Waals surface area (Å²) < 4.78 is 31.9. The van der Waals surface area contributed by atoms with E-state index in [2.05, 4.69) is 15.1 Å². The van der Waals surface area contributed by atoms with Crippen molar-refractivity contribution in [3.05, 3.63) is 5.51 Å². The number of piperidine rings is 1. The molecule has 2 saturated heterocycles. The maximum absolute atomic E-state index is 12.2. The molecule has 3 rings (SSSR count). The number of anilines is 1. The minimum absolute atomic E-state index is 0.150. The molecule has 0 bridgehead atoms. The standard InChI is InChI=1S/C13H22N4O3S2/c1-2-22(18,19)17-5-3-4-13(9-17)8-16(6-7-20-10-13)12-15-14-11-21-12/h11H,2-10H2,1H3/t13-/m1/s1. The average molecular weight is 346 g/mol. The molecule has 3 heterocycles. The van der Waals surface area contributed by atoms with E-state index in [1.165, 1.54) is 11.3 Å². The lowest BCUT2D eigenvalue weighted by Gasteiger charge is -2.42. The lowest BCUT2D eigenvalue weighted by molar-refractivity contribution is 0.0351. The van der Waals surface area contributed by atoms with Gasteiger partial charge in [0.2, 0.25) is 15.2 Å². The van der Waals surface area contributed by atoms with E-state index in [-0.39, 0.29) is 11.2 Å². The van der Waals surface area contributed by atoms with Crippen LogP contribution in [0.15, 0.2) is 5.51 Å². The third-order valence-electron chi connectivity index (χ3n) is 4.44. The van der Waals surface area contributed by atoms with Crippen LogP contribution in [0.2, 0.25) is 0 Å². The van der Waals surface area contributed by atoms with Gasteiger partial charge in [-0.25, -0.2) is 12.7 Å². The van der Waals surface area contributed by atoms with Crippen LogP contribution >= 0.6 is 11.3 Å². The maximum Gasteiger partial charge on any atom is 0.213 e. The molecule has 0 saturated carbocycles. The van der Waals surface area contributed by atoms with Crippen molar-refractivity contribution in [3.8, 4) is 0 Å². The highest BCUT2D eigenvalue weighted by Gasteiger charge is 2.42. The average Bonchev–Trinajstić information content (AvgIpc) is 2.98. The van der Waals surface area contributed by atoms with Crippen molar-refractivity contribution < 1.29 is 13.2 Å². The van der Waals surface area contributed by atoms with Gasteiger partial charge in [-0.05, 0) is 19.8 Å². The van der Waals surface area contributed by atoms with Crippen molar-refractivity contribution in [2.75, 3.05) is 50.0 Å². The second-order valence-corrected chi connectivity index (χ2v) is 9.10. The zero-order valence-corrected chi connectivity index (χ0v) is 14.4. The summed E-state index contributed by atoms with van der Waals surface area (Å²) in [5.41, 5.74) is 1.57. The Hall–Kier alpha value is -0.770. The van der Waals surface area contributed by atoms with Gasteiger partial charge in [0.15, 0.2) is 0 Å². The molecule has 22 heavy (non-hydrogen) atoms. The van der Waals surface area contributed by atoms with Crippen LogP contribution in [-0.4, -0.2) is 68.1 Å². The fourth-order valence-electron chi connectivity index (χ4n) is 3.29. The fourth-order valence-corrected chi connectivity index (χ4v) is 5.12. The molecule has 7 nitrogen and oxygen atoms in total. The zero-order chi connectivity index (χ0) is 15.6. The summed E-state index contributed by atoms with van der Waals surface area (Å²) in [6, 6.07) is 0. The molecule has 1 aromatic heterocycles. The Bertz CT molecular complexity index is 592. The van der Waals surface area contributed by atoms with Gasteiger partial charge in [0.05, 0.1) is 19.0 Å². The van der Waals surface area contributed by atoms with Gasteiger partial charge in [-0.1, -0.05) is 11.3 Å². The summed E-state index contributed by atoms with van der Waals surface area (Å²) in [6.07, 6.45) is 1.87. The van der Waals surface area contributed by atoms with Gasteiger partial charge in [0, 0.05) is 31.6 Å². The van der Waals surface area contributed by atoms with Gasteiger partial charge >= 0.3 is 0 Å². The predicted molar refractivity (Wildman–Crippen MR) is 85.6 cm³/mol. The minimum Gasteiger partial charge on any atom is -0.379 e. The third kappa shape index (κ3) is 3.27. The van der Waals surface area contributed by atoms with Crippen molar-refractivity contribution in [2.45, 2.75) is 19.8 Å². The largest absolute Gasteiger partial charge is 0.379 e. The lowest BCUT2D eigenvalue weighted by Crippen LogP contribution is -2.52. The van der Waals surface area contributed by atoms with Gasteiger partial charge in [-0.15, -0.1) is 10.2 Å². The summed E-state index contributed by atoms with van der Waals surface area (Å²) in [5, 5.41) is 8.95. The van der Waals surface area contributed by atoms with E-state index in [4.69, 9.17) is 4.74 Å². The van der Waals surface area contributed by atoms with E-state index < -0.39 is 10.0 Å². The Morgan fingerprint density at radius 3 is 3.00 bits per heavy atom. The molecule has 0 aliphatic carbocycles. The van der Waals surface area contributed by atoms with Crippen LogP contribution < -0.4 is 4.90 Å². The van der Waals surface area contributed by atoms with Gasteiger partial charge in [0.1, 0.15) is 5.51 Å². The van der Waals surface area contributed by atoms with Gasteiger partial charge in [0.25, 0.3) is 0 Å². The monoisotopic (exact) mass is 346 g/mol. The molecule has 0 amide bonds. The van der Waals surface area contributed by atoms with Crippen LogP contribution in [0.5, 0.6) is 0 Å². The van der Waals surface area contributed by atoms with Crippen LogP contribution in [0.3, 0.4) is 0 Å². The lowest BCUT2D eigenvalue weighted by atomic mass is 9.81. The summed E-state index contributed by atoms with van der Waals surface area (Å²) >= 11 is 1.51. The van der Waals surface area contributed by atoms with Crippen molar-refractivity contribution in [1.29, 1.82) is 0 Å². The first kappa shape index (κ1) is 16.1. The highest BCUT2D eigenvalue weighted by Crippen LogP contribution is 2.35. The first-order chi connectivity index (χ1) is 10.5. The third-order valence-corrected chi connectivity index (χ3v) is 7.02. The molecule has 124 valence electrons. The van der Waals surface area contributed by atoms with Crippen molar-refractivity contribution >= 4 is 26.5 Å². The molecule has 1 aromatic rings. The highest BCUT2D eigenvalue weighted by molar-refractivity contribution is 7.89. The zero-order valence-electron chi connectivity index (χ0n) is 12.8. The normalized spacial score (nSPS) is 28.0. The topological polar surface area (TPSA) is 75.6 Å².